The molecule has 1 aromatic carbocycles. The maximum atomic E-state index is 11.0. The third-order valence-corrected chi connectivity index (χ3v) is 5.82. The number of carboxylic acid groups (broad SMARTS) is 1. The fourth-order valence-corrected chi connectivity index (χ4v) is 3.88. The van der Waals surface area contributed by atoms with E-state index in [0.29, 0.717) is 12.0 Å². The average molecular weight is 336 g/mol. The average Bonchev–Trinajstić information content (AvgIpc) is 2.57. The molecule has 2 aliphatic carbocycles. The number of allylic oxidation sites excluding steroid dienone is 4. The Morgan fingerprint density at radius 3 is 2.24 bits per heavy atom. The highest BCUT2D eigenvalue weighted by molar-refractivity contribution is 5.87. The summed E-state index contributed by atoms with van der Waals surface area (Å²) in [4.78, 5) is 11.0. The van der Waals surface area contributed by atoms with Crippen molar-refractivity contribution in [2.75, 3.05) is 0 Å². The van der Waals surface area contributed by atoms with Crippen molar-refractivity contribution >= 4 is 12.0 Å². The summed E-state index contributed by atoms with van der Waals surface area (Å²) in [5.74, 6) is -0.807. The van der Waals surface area contributed by atoms with Gasteiger partial charge in [0.05, 0.1) is 0 Å². The molecule has 3 rings (SSSR count). The summed E-state index contributed by atoms with van der Waals surface area (Å²) in [6, 6.07) is 6.85. The predicted molar refractivity (Wildman–Crippen MR) is 104 cm³/mol. The van der Waals surface area contributed by atoms with Crippen molar-refractivity contribution in [2.24, 2.45) is 0 Å². The zero-order valence-corrected chi connectivity index (χ0v) is 15.7. The first-order valence-electron chi connectivity index (χ1n) is 9.15. The third kappa shape index (κ3) is 3.63. The molecule has 0 heterocycles. The molecule has 1 N–H and O–H groups in total. The molecule has 0 aliphatic heterocycles. The van der Waals surface area contributed by atoms with Crippen LogP contribution in [-0.4, -0.2) is 11.1 Å². The van der Waals surface area contributed by atoms with E-state index in [9.17, 15) is 4.79 Å². The highest BCUT2D eigenvalue weighted by atomic mass is 16.4. The molecule has 25 heavy (non-hydrogen) atoms. The Kier molecular flexibility index (Phi) is 4.49. The van der Waals surface area contributed by atoms with Crippen LogP contribution in [0.3, 0.4) is 0 Å². The first kappa shape index (κ1) is 17.7. The van der Waals surface area contributed by atoms with Crippen LogP contribution in [0, 0.1) is 0 Å². The summed E-state index contributed by atoms with van der Waals surface area (Å²) in [5, 5.41) is 9.02. The van der Waals surface area contributed by atoms with Crippen LogP contribution >= 0.6 is 0 Å². The van der Waals surface area contributed by atoms with E-state index >= 15 is 0 Å². The molecule has 2 heteroatoms. The largest absolute Gasteiger partial charge is 0.478 e. The molecule has 2 nitrogen and oxygen atoms in total. The molecule has 0 saturated carbocycles. The van der Waals surface area contributed by atoms with E-state index in [1.165, 1.54) is 35.1 Å². The molecule has 2 aliphatic rings. The zero-order valence-electron chi connectivity index (χ0n) is 15.7. The van der Waals surface area contributed by atoms with Gasteiger partial charge in [0.25, 0.3) is 0 Å². The van der Waals surface area contributed by atoms with Crippen molar-refractivity contribution in [1.82, 2.24) is 0 Å². The summed E-state index contributed by atoms with van der Waals surface area (Å²) in [6.45, 7) is 9.37. The van der Waals surface area contributed by atoms with Gasteiger partial charge in [-0.1, -0.05) is 70.2 Å². The summed E-state index contributed by atoms with van der Waals surface area (Å²) >= 11 is 0. The number of aliphatic carboxylic acids is 1. The predicted octanol–water partition coefficient (Wildman–Crippen LogP) is 5.78. The quantitative estimate of drug-likeness (QED) is 0.759. The molecule has 0 radical (unpaired) electrons. The minimum Gasteiger partial charge on any atom is -0.478 e. The van der Waals surface area contributed by atoms with Crippen LogP contribution in [0.4, 0.5) is 0 Å². The van der Waals surface area contributed by atoms with Crippen molar-refractivity contribution in [2.45, 2.75) is 64.2 Å². The van der Waals surface area contributed by atoms with Gasteiger partial charge in [-0.25, -0.2) is 4.79 Å². The monoisotopic (exact) mass is 336 g/mol. The summed E-state index contributed by atoms with van der Waals surface area (Å²) < 4.78 is 0. The summed E-state index contributed by atoms with van der Waals surface area (Å²) in [7, 11) is 0. The highest BCUT2D eigenvalue weighted by Gasteiger charge is 2.36. The van der Waals surface area contributed by atoms with Crippen molar-refractivity contribution in [3.05, 3.63) is 64.3 Å². The van der Waals surface area contributed by atoms with E-state index < -0.39 is 5.97 Å². The number of hydrogen-bond donors (Lipinski definition) is 1. The second-order valence-corrected chi connectivity index (χ2v) is 8.64. The first-order valence-corrected chi connectivity index (χ1v) is 9.15. The molecular formula is C23H28O2. The standard InChI is InChI=1S/C23H28O2/c1-22(2)13-14-23(3,4)20-15-17(9-12-19(20)22)6-5-16-7-10-18(11-8-16)21(24)25/h5-7,9-10,12,15H,8,11,13-14H2,1-4H3,(H,24,25)/b6-5+. The van der Waals surface area contributed by atoms with Gasteiger partial charge in [0.15, 0.2) is 0 Å². The highest BCUT2D eigenvalue weighted by Crippen LogP contribution is 2.46. The Hall–Kier alpha value is -2.09. The minimum atomic E-state index is -0.807. The van der Waals surface area contributed by atoms with Gasteiger partial charge in [-0.05, 0) is 58.8 Å². The van der Waals surface area contributed by atoms with Crippen LogP contribution in [0.2, 0.25) is 0 Å². The Bertz CT molecular complexity index is 788. The SMILES string of the molecule is CC1(C)CCC(C)(C)c2cc(/C=C/C3=CC=C(C(=O)O)CC3)ccc21. The first-order chi connectivity index (χ1) is 11.7. The summed E-state index contributed by atoms with van der Waals surface area (Å²) in [6.07, 6.45) is 11.8. The molecule has 0 spiro atoms. The second-order valence-electron chi connectivity index (χ2n) is 8.64. The van der Waals surface area contributed by atoms with Gasteiger partial charge in [-0.3, -0.25) is 0 Å². The van der Waals surface area contributed by atoms with Crippen LogP contribution < -0.4 is 0 Å². The Balaban J connectivity index is 1.87. The Labute approximate surface area is 151 Å². The third-order valence-electron chi connectivity index (χ3n) is 5.82. The number of hydrogen-bond acceptors (Lipinski definition) is 1. The molecule has 0 fully saturated rings. The van der Waals surface area contributed by atoms with E-state index in [4.69, 9.17) is 5.11 Å². The second kappa shape index (κ2) is 6.33. The number of carboxylic acids is 1. The lowest BCUT2D eigenvalue weighted by Crippen LogP contribution is -2.33. The van der Waals surface area contributed by atoms with Crippen molar-refractivity contribution in [3.63, 3.8) is 0 Å². The fourth-order valence-electron chi connectivity index (χ4n) is 3.88. The van der Waals surface area contributed by atoms with Crippen molar-refractivity contribution in [1.29, 1.82) is 0 Å². The lowest BCUT2D eigenvalue weighted by atomic mass is 9.63. The minimum absolute atomic E-state index is 0.220. The van der Waals surface area contributed by atoms with Crippen LogP contribution in [0.15, 0.2) is 47.6 Å². The van der Waals surface area contributed by atoms with E-state index in [1.54, 1.807) is 6.08 Å². The molecule has 132 valence electrons. The molecule has 1 aromatic rings. The van der Waals surface area contributed by atoms with Crippen LogP contribution in [0.25, 0.3) is 6.08 Å². The van der Waals surface area contributed by atoms with Gasteiger partial charge in [0.2, 0.25) is 0 Å². The molecule has 0 unspecified atom stereocenters. The topological polar surface area (TPSA) is 37.3 Å². The number of fused-ring (bicyclic) bond motifs is 1. The van der Waals surface area contributed by atoms with Crippen LogP contribution in [0.1, 0.15) is 70.1 Å². The van der Waals surface area contributed by atoms with Crippen LogP contribution in [-0.2, 0) is 15.6 Å². The fraction of sp³-hybridized carbons (Fsp3) is 0.435. The van der Waals surface area contributed by atoms with Crippen LogP contribution in [0.5, 0.6) is 0 Å². The van der Waals surface area contributed by atoms with Gasteiger partial charge in [-0.15, -0.1) is 0 Å². The van der Waals surface area contributed by atoms with Gasteiger partial charge in [-0.2, -0.15) is 0 Å². The number of carbonyl (C=O) groups is 1. The molecule has 0 atom stereocenters. The van der Waals surface area contributed by atoms with Gasteiger partial charge >= 0.3 is 5.97 Å². The Morgan fingerprint density at radius 2 is 1.64 bits per heavy atom. The zero-order chi connectivity index (χ0) is 18.2. The smallest absolute Gasteiger partial charge is 0.331 e. The molecule has 0 saturated heterocycles. The molecule has 0 aromatic heterocycles. The molecular weight excluding hydrogens is 308 g/mol. The normalized spacial score (nSPS) is 21.4. The maximum Gasteiger partial charge on any atom is 0.331 e. The lowest BCUT2D eigenvalue weighted by Gasteiger charge is -2.42. The number of benzene rings is 1. The van der Waals surface area contributed by atoms with E-state index in [-0.39, 0.29) is 10.8 Å². The van der Waals surface area contributed by atoms with Crippen molar-refractivity contribution < 1.29 is 9.90 Å². The summed E-state index contributed by atoms with van der Waals surface area (Å²) in [5.41, 5.74) is 6.31. The molecule has 0 bridgehead atoms. The van der Waals surface area contributed by atoms with E-state index in [0.717, 1.165) is 6.42 Å². The van der Waals surface area contributed by atoms with E-state index in [1.807, 2.05) is 6.08 Å². The lowest BCUT2D eigenvalue weighted by molar-refractivity contribution is -0.132. The molecule has 0 amide bonds. The Morgan fingerprint density at radius 1 is 0.960 bits per heavy atom. The van der Waals surface area contributed by atoms with Gasteiger partial charge in [0.1, 0.15) is 0 Å². The van der Waals surface area contributed by atoms with Gasteiger partial charge < -0.3 is 5.11 Å². The van der Waals surface area contributed by atoms with Crippen molar-refractivity contribution in [3.8, 4) is 0 Å². The maximum absolute atomic E-state index is 11.0. The number of rotatable bonds is 3. The van der Waals surface area contributed by atoms with E-state index in [2.05, 4.69) is 58.0 Å². The van der Waals surface area contributed by atoms with Gasteiger partial charge in [0, 0.05) is 5.57 Å².